The quantitative estimate of drug-likeness (QED) is 0.683. The van der Waals surface area contributed by atoms with Crippen LogP contribution >= 0.6 is 0 Å². The number of hydrogen-bond donors (Lipinski definition) is 0. The van der Waals surface area contributed by atoms with Crippen LogP contribution in [0.15, 0.2) is 82.2 Å². The predicted molar refractivity (Wildman–Crippen MR) is 101 cm³/mol. The molecule has 3 rings (SSSR count). The molecule has 0 bridgehead atoms. The molecule has 26 heavy (non-hydrogen) atoms. The van der Waals surface area contributed by atoms with E-state index in [1.54, 1.807) is 36.4 Å². The normalized spacial score (nSPS) is 12.8. The van der Waals surface area contributed by atoms with Crippen LogP contribution in [0, 0.1) is 6.92 Å². The summed E-state index contributed by atoms with van der Waals surface area (Å²) < 4.78 is 22.5. The van der Waals surface area contributed by atoms with E-state index in [-0.39, 0.29) is 11.4 Å². The molecule has 0 fully saturated rings. The number of carbonyl (C=O) groups excluding carboxylic acids is 1. The molecule has 0 radical (unpaired) electrons. The molecule has 0 aliphatic rings. The minimum atomic E-state index is -2.87. The van der Waals surface area contributed by atoms with Gasteiger partial charge < -0.3 is 4.74 Å². The lowest BCUT2D eigenvalue weighted by Gasteiger charge is -2.08. The molecule has 0 aliphatic carbocycles. The number of benzene rings is 2. The van der Waals surface area contributed by atoms with Gasteiger partial charge in [0.1, 0.15) is 11.3 Å². The Balaban J connectivity index is 1.95. The lowest BCUT2D eigenvalue weighted by Crippen LogP contribution is -2.06. The Morgan fingerprint density at radius 2 is 1.69 bits per heavy atom. The minimum Gasteiger partial charge on any atom is -0.438 e. The van der Waals surface area contributed by atoms with Gasteiger partial charge in [0.15, 0.2) is 0 Å². The van der Waals surface area contributed by atoms with Gasteiger partial charge >= 0.3 is 0 Å². The van der Waals surface area contributed by atoms with E-state index in [9.17, 15) is 9.00 Å². The summed E-state index contributed by atoms with van der Waals surface area (Å²) in [7, 11) is -2.87. The fourth-order valence-electron chi connectivity index (χ4n) is 2.29. The van der Waals surface area contributed by atoms with Crippen molar-refractivity contribution in [1.82, 2.24) is 4.98 Å². The molecular formula is C20H18N2O3S. The monoisotopic (exact) mass is 366 g/mol. The predicted octanol–water partition coefficient (Wildman–Crippen LogP) is 4.48. The molecule has 5 nitrogen and oxygen atoms in total. The number of hydrogen-bond acceptors (Lipinski definition) is 4. The highest BCUT2D eigenvalue weighted by Crippen LogP contribution is 2.24. The average molecular weight is 366 g/mol. The van der Waals surface area contributed by atoms with Crippen molar-refractivity contribution >= 4 is 15.6 Å². The first-order valence-corrected chi connectivity index (χ1v) is 9.89. The number of aryl methyl sites for hydroxylation is 1. The molecule has 1 amide bonds. The van der Waals surface area contributed by atoms with Gasteiger partial charge in [-0.3, -0.25) is 4.79 Å². The Morgan fingerprint density at radius 1 is 1.00 bits per heavy atom. The van der Waals surface area contributed by atoms with Crippen LogP contribution in [0.4, 0.5) is 0 Å². The van der Waals surface area contributed by atoms with E-state index in [1.807, 2.05) is 37.3 Å². The molecule has 0 N–H and O–H groups in total. The second-order valence-corrected chi connectivity index (χ2v) is 8.04. The molecule has 0 aliphatic heterocycles. The molecule has 3 aromatic rings. The number of carbonyl (C=O) groups is 1. The van der Waals surface area contributed by atoms with E-state index in [0.29, 0.717) is 10.6 Å². The van der Waals surface area contributed by atoms with E-state index < -0.39 is 15.6 Å². The number of rotatable bonds is 4. The number of para-hydroxylation sites is 1. The van der Waals surface area contributed by atoms with E-state index in [0.717, 1.165) is 5.56 Å². The zero-order valence-electron chi connectivity index (χ0n) is 14.5. The van der Waals surface area contributed by atoms with Crippen molar-refractivity contribution in [2.45, 2.75) is 11.8 Å². The molecule has 2 aromatic carbocycles. The van der Waals surface area contributed by atoms with Crippen LogP contribution in [-0.2, 0) is 9.73 Å². The summed E-state index contributed by atoms with van der Waals surface area (Å²) >= 11 is 0. The van der Waals surface area contributed by atoms with Gasteiger partial charge in [-0.25, -0.2) is 9.19 Å². The topological polar surface area (TPSA) is 68.6 Å². The van der Waals surface area contributed by atoms with Gasteiger partial charge in [0.05, 0.1) is 9.73 Å². The molecule has 0 spiro atoms. The summed E-state index contributed by atoms with van der Waals surface area (Å²) in [6, 6.07) is 19.3. The van der Waals surface area contributed by atoms with E-state index in [4.69, 9.17) is 4.74 Å². The van der Waals surface area contributed by atoms with Crippen LogP contribution in [0.25, 0.3) is 0 Å². The SMILES string of the molecule is Cc1ccc([S@@](C)(=O)=NC(=O)c2cccnc2Oc2ccccc2)cc1. The third kappa shape index (κ3) is 4.15. The number of ether oxygens (including phenoxy) is 1. The molecule has 6 heteroatoms. The van der Waals surface area contributed by atoms with Crippen LogP contribution in [0.5, 0.6) is 11.6 Å². The lowest BCUT2D eigenvalue weighted by molar-refractivity contribution is 0.100. The maximum atomic E-state index is 12.9. The van der Waals surface area contributed by atoms with E-state index in [1.165, 1.54) is 12.5 Å². The molecule has 1 heterocycles. The molecule has 1 atom stereocenters. The fourth-order valence-corrected chi connectivity index (χ4v) is 3.45. The van der Waals surface area contributed by atoms with Crippen molar-refractivity contribution in [2.24, 2.45) is 4.36 Å². The van der Waals surface area contributed by atoms with Crippen molar-refractivity contribution in [3.8, 4) is 11.6 Å². The minimum absolute atomic E-state index is 0.131. The Labute approximate surface area is 152 Å². The Kier molecular flexibility index (Phi) is 5.14. The Bertz CT molecular complexity index is 1040. The number of amides is 1. The summed E-state index contributed by atoms with van der Waals surface area (Å²) in [5.41, 5.74) is 1.21. The zero-order valence-corrected chi connectivity index (χ0v) is 15.3. The highest BCUT2D eigenvalue weighted by atomic mass is 32.2. The van der Waals surface area contributed by atoms with E-state index >= 15 is 0 Å². The standard InChI is InChI=1S/C20H18N2O3S/c1-15-10-12-17(13-11-15)26(2,24)22-19(23)18-9-6-14-21-20(18)25-16-7-4-3-5-8-16/h3-14H,1-2H3/t26-/m1/s1. The van der Waals surface area contributed by atoms with Crippen LogP contribution in [0.3, 0.4) is 0 Å². The summed E-state index contributed by atoms with van der Waals surface area (Å²) in [4.78, 5) is 17.3. The zero-order chi connectivity index (χ0) is 18.6. The van der Waals surface area contributed by atoms with Crippen molar-refractivity contribution < 1.29 is 13.7 Å². The number of nitrogens with zero attached hydrogens (tertiary/aromatic N) is 2. The number of aromatic nitrogens is 1. The first-order valence-electron chi connectivity index (χ1n) is 7.97. The Morgan fingerprint density at radius 3 is 2.38 bits per heavy atom. The van der Waals surface area contributed by atoms with Crippen molar-refractivity contribution in [1.29, 1.82) is 0 Å². The second kappa shape index (κ2) is 7.49. The smallest absolute Gasteiger partial charge is 0.290 e. The van der Waals surface area contributed by atoms with Gasteiger partial charge in [-0.05, 0) is 43.3 Å². The maximum absolute atomic E-state index is 12.9. The summed E-state index contributed by atoms with van der Waals surface area (Å²) in [5.74, 6) is 0.0553. The van der Waals surface area contributed by atoms with Gasteiger partial charge in [0.25, 0.3) is 5.91 Å². The largest absolute Gasteiger partial charge is 0.438 e. The van der Waals surface area contributed by atoms with Gasteiger partial charge in [-0.2, -0.15) is 4.36 Å². The van der Waals surface area contributed by atoms with Gasteiger partial charge in [0, 0.05) is 17.3 Å². The molecule has 132 valence electrons. The fraction of sp³-hybridized carbons (Fsp3) is 0.100. The average Bonchev–Trinajstić information content (AvgIpc) is 2.63. The first-order chi connectivity index (χ1) is 12.5. The summed E-state index contributed by atoms with van der Waals surface area (Å²) in [5, 5.41) is 0. The summed E-state index contributed by atoms with van der Waals surface area (Å²) in [6.45, 7) is 1.94. The van der Waals surface area contributed by atoms with Gasteiger partial charge in [-0.15, -0.1) is 0 Å². The second-order valence-electron chi connectivity index (χ2n) is 5.78. The first kappa shape index (κ1) is 17.8. The van der Waals surface area contributed by atoms with Gasteiger partial charge in [0.2, 0.25) is 5.88 Å². The third-order valence-corrected chi connectivity index (χ3v) is 5.34. The maximum Gasteiger partial charge on any atom is 0.290 e. The van der Waals surface area contributed by atoms with Crippen molar-refractivity contribution in [3.63, 3.8) is 0 Å². The molecule has 0 saturated carbocycles. The summed E-state index contributed by atoms with van der Waals surface area (Å²) in [6.07, 6.45) is 2.97. The lowest BCUT2D eigenvalue weighted by atomic mass is 10.2. The number of pyridine rings is 1. The molecular weight excluding hydrogens is 348 g/mol. The van der Waals surface area contributed by atoms with Crippen LogP contribution < -0.4 is 4.74 Å². The third-order valence-electron chi connectivity index (χ3n) is 3.67. The van der Waals surface area contributed by atoms with Gasteiger partial charge in [-0.1, -0.05) is 35.9 Å². The molecule has 0 unspecified atom stereocenters. The van der Waals surface area contributed by atoms with Crippen LogP contribution in [0.1, 0.15) is 15.9 Å². The molecule has 1 aromatic heterocycles. The van der Waals surface area contributed by atoms with Crippen molar-refractivity contribution in [2.75, 3.05) is 6.26 Å². The van der Waals surface area contributed by atoms with Crippen LogP contribution in [0.2, 0.25) is 0 Å². The van der Waals surface area contributed by atoms with Crippen molar-refractivity contribution in [3.05, 3.63) is 84.1 Å². The highest BCUT2D eigenvalue weighted by Gasteiger charge is 2.17. The Hall–Kier alpha value is -2.99. The highest BCUT2D eigenvalue weighted by molar-refractivity contribution is 7.93. The van der Waals surface area contributed by atoms with Crippen LogP contribution in [-0.4, -0.2) is 21.4 Å². The molecule has 0 saturated heterocycles. The van der Waals surface area contributed by atoms with E-state index in [2.05, 4.69) is 9.35 Å².